The Morgan fingerprint density at radius 2 is 0.664 bits per heavy atom. The summed E-state index contributed by atoms with van der Waals surface area (Å²) in [6.07, 6.45) is 0. The summed E-state index contributed by atoms with van der Waals surface area (Å²) in [4.78, 5) is 139. The van der Waals surface area contributed by atoms with E-state index in [-0.39, 0.29) is 64.2 Å². The Kier molecular flexibility index (Phi) is 25.3. The molecule has 8 aliphatic heterocycles. The molecule has 8 aromatic rings. The number of aromatic amines is 4. The fraction of sp³-hybridized carbons (Fsp3) is 0.247. The highest BCUT2D eigenvalue weighted by Gasteiger charge is 2.25. The lowest BCUT2D eigenvalue weighted by molar-refractivity contribution is 0.505. The van der Waals surface area contributed by atoms with Crippen LogP contribution in [0.15, 0.2) is 172 Å². The minimum atomic E-state index is -0.896. The number of benzene rings is 8. The molecule has 1 unspecified atom stereocenters. The van der Waals surface area contributed by atoms with Crippen LogP contribution in [0.4, 0.5) is 22.0 Å². The molecule has 0 aromatic heterocycles. The molecule has 0 fully saturated rings. The number of aryl methyl sites for hydroxylation is 8. The number of fused-ring (bicyclic) bond motifs is 8. The van der Waals surface area contributed by atoms with Crippen LogP contribution in [-0.4, -0.2) is 104 Å². The lowest BCUT2D eigenvalue weighted by Crippen LogP contribution is -2.30. The number of aromatic nitrogens is 16. The summed E-state index contributed by atoms with van der Waals surface area (Å²) in [5.41, 5.74) is 12.4. The Bertz CT molecular complexity index is 6930. The summed E-state index contributed by atoms with van der Waals surface area (Å²) in [5.74, 6) is -2.12. The molecule has 8 aliphatic rings. The molecule has 0 aliphatic carbocycles. The summed E-state index contributed by atoms with van der Waals surface area (Å²) in [6, 6.07) is 36.7. The fourth-order valence-electron chi connectivity index (χ4n) is 13.6. The predicted octanol–water partition coefficient (Wildman–Crippen LogP) is 9.87. The third kappa shape index (κ3) is 19.2. The Hall–Kier alpha value is -13.3. The van der Waals surface area contributed by atoms with E-state index >= 15 is 0 Å². The molecule has 34 heteroatoms. The molecule has 28 nitrogen and oxygen atoms in total. The van der Waals surface area contributed by atoms with Crippen molar-refractivity contribution in [1.29, 1.82) is 0 Å². The zero-order valence-electron chi connectivity index (χ0n) is 66.0. The molecule has 1 atom stereocenters. The summed E-state index contributed by atoms with van der Waals surface area (Å²) in [7, 11) is 0. The summed E-state index contributed by atoms with van der Waals surface area (Å²) in [5, 5.41) is 13.7. The van der Waals surface area contributed by atoms with Crippen molar-refractivity contribution in [3.8, 4) is 46.1 Å². The van der Waals surface area contributed by atoms with Gasteiger partial charge in [-0.1, -0.05) is 41.9 Å². The molecule has 0 spiro atoms. The maximum absolute atomic E-state index is 13.8. The minimum absolute atomic E-state index is 0.0709. The molecule has 0 saturated carbocycles. The Morgan fingerprint density at radius 1 is 0.345 bits per heavy atom. The van der Waals surface area contributed by atoms with E-state index in [1.54, 1.807) is 21.3 Å². The highest BCUT2D eigenvalue weighted by atomic mass is 35.5. The Morgan fingerprint density at radius 3 is 1.03 bits per heavy atom. The van der Waals surface area contributed by atoms with Gasteiger partial charge < -0.3 is 39.5 Å². The van der Waals surface area contributed by atoms with E-state index in [0.717, 1.165) is 108 Å². The topological polar surface area (TPSA) is 371 Å². The van der Waals surface area contributed by atoms with Gasteiger partial charge in [0, 0.05) is 88.6 Å². The van der Waals surface area contributed by atoms with Crippen molar-refractivity contribution in [3.05, 3.63) is 318 Å². The zero-order valence-corrected chi connectivity index (χ0v) is 66.7. The molecule has 8 aromatic carbocycles. The second-order valence-electron chi connectivity index (χ2n) is 28.8. The van der Waals surface area contributed by atoms with E-state index in [0.29, 0.717) is 104 Å². The number of rotatable bonds is 20. The first kappa shape index (κ1) is 83.6. The van der Waals surface area contributed by atoms with E-state index < -0.39 is 68.3 Å². The Labute approximate surface area is 677 Å². The second-order valence-corrected chi connectivity index (χ2v) is 29.2. The second kappa shape index (κ2) is 36.0. The van der Waals surface area contributed by atoms with Crippen molar-refractivity contribution in [2.24, 2.45) is 0 Å². The lowest BCUT2D eigenvalue weighted by atomic mass is 10.1. The fourth-order valence-corrected chi connectivity index (χ4v) is 13.7. The van der Waals surface area contributed by atoms with E-state index in [9.17, 15) is 60.3 Å². The summed E-state index contributed by atoms with van der Waals surface area (Å²) in [6.45, 7) is 22.6. The average Bonchev–Trinajstić information content (AvgIpc) is 0.772. The van der Waals surface area contributed by atoms with Gasteiger partial charge in [0.1, 0.15) is 17.5 Å². The molecule has 0 amide bonds. The van der Waals surface area contributed by atoms with Gasteiger partial charge in [-0.2, -0.15) is 19.9 Å². The number of hydrogen-bond acceptors (Lipinski definition) is 20. The molecule has 8 heterocycles. The van der Waals surface area contributed by atoms with Crippen LogP contribution in [0.2, 0.25) is 5.02 Å². The molecule has 119 heavy (non-hydrogen) atoms. The molecular weight excluding hydrogens is 1560 g/mol. The normalized spacial score (nSPS) is 11.7. The van der Waals surface area contributed by atoms with E-state index in [4.69, 9.17) is 11.6 Å². The number of H-pyrrole nitrogens is 4. The quantitative estimate of drug-likeness (QED) is 0.0200. The van der Waals surface area contributed by atoms with Crippen molar-refractivity contribution < 1.29 is 22.0 Å². The van der Waals surface area contributed by atoms with Crippen LogP contribution >= 0.6 is 11.6 Å². The van der Waals surface area contributed by atoms with Gasteiger partial charge in [0.05, 0.1) is 44.1 Å². The van der Waals surface area contributed by atoms with Gasteiger partial charge in [-0.15, -0.1) is 0 Å². The number of nitrogens with zero attached hydrogens (tertiary/aromatic N) is 12. The van der Waals surface area contributed by atoms with Gasteiger partial charge in [-0.25, -0.2) is 61.1 Å². The first-order chi connectivity index (χ1) is 56.9. The number of hydrogen-bond donors (Lipinski definition) is 8. The Balaban J connectivity index is 0.000000137. The molecular formula is C85H80ClF5N20O8. The molecule has 0 bridgehead atoms. The van der Waals surface area contributed by atoms with Gasteiger partial charge in [-0.05, 0) is 227 Å². The van der Waals surface area contributed by atoms with Gasteiger partial charge in [0.2, 0.25) is 0 Å². The lowest BCUT2D eigenvalue weighted by Gasteiger charge is -2.20. The van der Waals surface area contributed by atoms with Gasteiger partial charge >= 0.3 is 22.8 Å². The maximum atomic E-state index is 13.8. The highest BCUT2D eigenvalue weighted by molar-refractivity contribution is 6.30. The molecule has 0 saturated heterocycles. The van der Waals surface area contributed by atoms with Crippen LogP contribution in [0.1, 0.15) is 79.7 Å². The predicted molar refractivity (Wildman–Crippen MR) is 444 cm³/mol. The summed E-state index contributed by atoms with van der Waals surface area (Å²) < 4.78 is 73.9. The van der Waals surface area contributed by atoms with Crippen LogP contribution < -0.4 is 66.3 Å². The minimum Gasteiger partial charge on any atom is -0.321 e. The first-order valence-corrected chi connectivity index (χ1v) is 38.2. The average molecular weight is 1640 g/mol. The zero-order chi connectivity index (χ0) is 84.8. The van der Waals surface area contributed by atoms with Gasteiger partial charge in [0.25, 0.3) is 22.2 Å². The van der Waals surface area contributed by atoms with Crippen molar-refractivity contribution in [2.45, 2.75) is 114 Å². The number of nitrogens with one attached hydrogen (secondary N) is 8. The first-order valence-electron chi connectivity index (χ1n) is 37.8. The highest BCUT2D eigenvalue weighted by Crippen LogP contribution is 2.29. The van der Waals surface area contributed by atoms with Crippen LogP contribution in [0.5, 0.6) is 0 Å². The van der Waals surface area contributed by atoms with Crippen molar-refractivity contribution in [2.75, 3.05) is 26.2 Å². The maximum Gasteiger partial charge on any atom is 0.349 e. The van der Waals surface area contributed by atoms with Gasteiger partial charge in [0.15, 0.2) is 57.7 Å². The van der Waals surface area contributed by atoms with Crippen molar-refractivity contribution >= 4 is 55.7 Å². The molecule has 8 N–H and O–H groups in total. The monoisotopic (exact) mass is 1640 g/mol. The molecule has 610 valence electrons. The summed E-state index contributed by atoms with van der Waals surface area (Å²) >= 11 is 5.97. The van der Waals surface area contributed by atoms with Crippen LogP contribution in [-0.2, 0) is 45.8 Å². The molecule has 0 radical (unpaired) electrons. The standard InChI is InChI=1S/C22H22ClN5O2.2C21H19F2N5O2.C21H20FN5O2/c1-12-10-17-18(11-13(12)2)28(20-19(25-17)21(29)27-22(30)26-20)9-8-24-14(3)15-4-6-16(23)7-5-15;1-11-7-16-17(8-12(11)2)28(19-18(25-16)20(29)27-21(30)26-19)6-5-24-10-13-9-14(22)3-4-15(13)23;1-11-7-16-17(8-12(11)2)28(19-18(25-16)20(29)27-21(30)26-19)6-5-24-10-13-3-4-14(22)15(23)9-13;1-12-9-16-17(10-13(12)2)27(19-18(24-16)20(28)26-21(29)25-19)8-7-23-11-14-3-5-15(22)6-4-14/h4-7,10-11,14,24H,8-9H2,1-3H3,(H,27,29,30);2*3-4,7-9,24H,5-6,10H2,1-2H3,(H,27,29,30);3-6,9-10,23H,7-8,11H2,1-2H3,(H,26,28,29). The molecule has 16 rings (SSSR count). The van der Waals surface area contributed by atoms with Crippen LogP contribution in [0.25, 0.3) is 90.2 Å². The largest absolute Gasteiger partial charge is 0.349 e. The van der Waals surface area contributed by atoms with E-state index in [1.165, 1.54) is 18.2 Å². The van der Waals surface area contributed by atoms with Crippen LogP contribution in [0, 0.1) is 84.5 Å². The van der Waals surface area contributed by atoms with Crippen molar-refractivity contribution in [1.82, 2.24) is 99.3 Å². The SMILES string of the molecule is Cc1cc2nc3c(=O)[nH]c(=O)nc-3n(CCNC(C)c3ccc(Cl)cc3)c2cc1C.Cc1cc2nc3c(=O)[nH]c(=O)nc-3n(CCNCc3cc(F)ccc3F)c2cc1C.Cc1cc2nc3c(=O)[nH]c(=O)nc-3n(CCNCc3ccc(F)c(F)c3)c2cc1C.Cc1cc2nc3c(=O)[nH]c(=O)nc-3n(CCNCc3ccc(F)cc3)c2cc1C. The van der Waals surface area contributed by atoms with Crippen LogP contribution in [0.3, 0.4) is 0 Å². The smallest absolute Gasteiger partial charge is 0.321 e. The van der Waals surface area contributed by atoms with E-state index in [1.807, 2.05) is 137 Å². The van der Waals surface area contributed by atoms with Crippen molar-refractivity contribution in [3.63, 3.8) is 0 Å². The number of halogens is 6. The van der Waals surface area contributed by atoms with E-state index in [2.05, 4.69) is 88.0 Å². The third-order valence-corrected chi connectivity index (χ3v) is 20.7. The third-order valence-electron chi connectivity index (χ3n) is 20.5. The van der Waals surface area contributed by atoms with Gasteiger partial charge in [-0.3, -0.25) is 39.1 Å².